The second kappa shape index (κ2) is 8.12. The van der Waals surface area contributed by atoms with Gasteiger partial charge in [0.05, 0.1) is 0 Å². The van der Waals surface area contributed by atoms with Crippen molar-refractivity contribution in [3.8, 4) is 0 Å². The predicted octanol–water partition coefficient (Wildman–Crippen LogP) is 7.16. The van der Waals surface area contributed by atoms with Crippen LogP contribution in [0.5, 0.6) is 0 Å². The molecular formula is C26H24N2+. The average Bonchev–Trinajstić information content (AvgIpc) is 2.75. The summed E-state index contributed by atoms with van der Waals surface area (Å²) in [6.07, 6.45) is 0. The third-order valence-corrected chi connectivity index (χ3v) is 4.76. The molecule has 0 heterocycles. The molecule has 4 rings (SSSR count). The minimum atomic E-state index is 1.11. The van der Waals surface area contributed by atoms with Crippen LogP contribution in [0.25, 0.3) is 0 Å². The van der Waals surface area contributed by atoms with Crippen molar-refractivity contribution in [3.05, 3.63) is 120 Å². The Morgan fingerprint density at radius 3 is 1.18 bits per heavy atom. The number of nitrogens with zero attached hydrogens (tertiary/aromatic N) is 2. The van der Waals surface area contributed by atoms with E-state index in [1.54, 1.807) is 0 Å². The summed E-state index contributed by atoms with van der Waals surface area (Å²) in [7, 11) is 0. The van der Waals surface area contributed by atoms with Crippen LogP contribution in [0.4, 0.5) is 22.7 Å². The number of para-hydroxylation sites is 2. The molecule has 0 atom stereocenters. The van der Waals surface area contributed by atoms with Crippen molar-refractivity contribution in [3.63, 3.8) is 0 Å². The zero-order valence-electron chi connectivity index (χ0n) is 16.3. The molecule has 0 bridgehead atoms. The Kier molecular flexibility index (Phi) is 5.22. The van der Waals surface area contributed by atoms with Crippen LogP contribution in [0.1, 0.15) is 11.1 Å². The van der Waals surface area contributed by atoms with Crippen molar-refractivity contribution in [2.75, 3.05) is 5.01 Å². The van der Waals surface area contributed by atoms with Crippen molar-refractivity contribution in [2.45, 2.75) is 13.8 Å². The third kappa shape index (κ3) is 3.83. The molecule has 4 aromatic rings. The molecule has 0 amide bonds. The summed E-state index contributed by atoms with van der Waals surface area (Å²) in [4.78, 5) is 0. The predicted molar refractivity (Wildman–Crippen MR) is 119 cm³/mol. The van der Waals surface area contributed by atoms with Crippen molar-refractivity contribution in [1.29, 1.82) is 0 Å². The van der Waals surface area contributed by atoms with Gasteiger partial charge in [-0.1, -0.05) is 71.8 Å². The monoisotopic (exact) mass is 364 g/mol. The first-order valence-electron chi connectivity index (χ1n) is 9.56. The molecule has 28 heavy (non-hydrogen) atoms. The van der Waals surface area contributed by atoms with E-state index >= 15 is 0 Å². The summed E-state index contributed by atoms with van der Waals surface area (Å²) in [6, 6.07) is 38.3. The van der Waals surface area contributed by atoms with Crippen LogP contribution in [0.2, 0.25) is 0 Å². The van der Waals surface area contributed by atoms with Gasteiger partial charge in [-0.15, -0.1) is 5.01 Å². The molecule has 0 aromatic heterocycles. The highest BCUT2D eigenvalue weighted by Gasteiger charge is 2.33. The number of hydrogen-bond donors (Lipinski definition) is 0. The summed E-state index contributed by atoms with van der Waals surface area (Å²) >= 11 is 0. The number of rotatable bonds is 5. The Hall–Kier alpha value is -3.36. The van der Waals surface area contributed by atoms with E-state index in [-0.39, 0.29) is 0 Å². The first-order chi connectivity index (χ1) is 13.7. The van der Waals surface area contributed by atoms with E-state index in [2.05, 4.69) is 133 Å². The van der Waals surface area contributed by atoms with Crippen LogP contribution in [-0.4, -0.2) is 0 Å². The molecule has 2 heteroatoms. The second-order valence-electron chi connectivity index (χ2n) is 6.97. The number of benzene rings is 4. The van der Waals surface area contributed by atoms with E-state index < -0.39 is 0 Å². The van der Waals surface area contributed by atoms with Crippen molar-refractivity contribution < 1.29 is 0 Å². The molecular weight excluding hydrogens is 340 g/mol. The van der Waals surface area contributed by atoms with E-state index in [4.69, 9.17) is 0 Å². The van der Waals surface area contributed by atoms with Crippen LogP contribution in [0.15, 0.2) is 109 Å². The van der Waals surface area contributed by atoms with Crippen LogP contribution in [-0.2, 0) is 0 Å². The highest BCUT2D eigenvalue weighted by molar-refractivity contribution is 5.70. The molecule has 2 nitrogen and oxygen atoms in total. The average molecular weight is 364 g/mol. The standard InChI is InChI=1S/C26H24N2/c1-21-13-17-25(18-14-21)28(26-19-15-22(2)16-20-26)27(23-9-5-3-6-10-23)24-11-7-4-8-12-24/h3-20H,1-2H3/q+1. The highest BCUT2D eigenvalue weighted by atomic mass is 15.6. The third-order valence-electron chi connectivity index (χ3n) is 4.76. The minimum Gasteiger partial charge on any atom is -0.131 e. The van der Waals surface area contributed by atoms with Gasteiger partial charge in [0.25, 0.3) is 0 Å². The minimum absolute atomic E-state index is 1.11. The van der Waals surface area contributed by atoms with Gasteiger partial charge < -0.3 is 0 Å². The van der Waals surface area contributed by atoms with Gasteiger partial charge in [-0.2, -0.15) is 0 Å². The first kappa shape index (κ1) is 18.0. The lowest BCUT2D eigenvalue weighted by Gasteiger charge is -2.25. The maximum absolute atomic E-state index is 2.27. The fourth-order valence-corrected chi connectivity index (χ4v) is 3.27. The van der Waals surface area contributed by atoms with Crippen molar-refractivity contribution in [1.82, 2.24) is 5.01 Å². The Bertz CT molecular complexity index is 922. The van der Waals surface area contributed by atoms with E-state index in [1.807, 2.05) is 0 Å². The van der Waals surface area contributed by atoms with Gasteiger partial charge in [-0.3, -0.25) is 0 Å². The Labute approximate surface area is 167 Å². The summed E-state index contributed by atoms with van der Waals surface area (Å²) in [5.41, 5.74) is 6.94. The van der Waals surface area contributed by atoms with Crippen LogP contribution < -0.4 is 10.0 Å². The lowest BCUT2D eigenvalue weighted by atomic mass is 10.1. The lowest BCUT2D eigenvalue weighted by Crippen LogP contribution is -2.36. The number of anilines is 4. The Morgan fingerprint density at radius 1 is 0.464 bits per heavy atom. The van der Waals surface area contributed by atoms with Gasteiger partial charge in [0, 0.05) is 29.3 Å². The molecule has 0 aliphatic rings. The van der Waals surface area contributed by atoms with Gasteiger partial charge in [0.2, 0.25) is 11.4 Å². The van der Waals surface area contributed by atoms with Gasteiger partial charge in [0.15, 0.2) is 0 Å². The van der Waals surface area contributed by atoms with E-state index in [0.717, 1.165) is 22.7 Å². The smallest absolute Gasteiger partial charge is 0.131 e. The summed E-state index contributed by atoms with van der Waals surface area (Å²) < 4.78 is 0. The quantitative estimate of drug-likeness (QED) is 0.270. The molecule has 0 aliphatic carbocycles. The molecule has 0 saturated heterocycles. The maximum Gasteiger partial charge on any atom is 0.216 e. The molecule has 4 aromatic carbocycles. The molecule has 0 spiro atoms. The summed E-state index contributed by atoms with van der Waals surface area (Å²) in [5, 5.41) is 4.53. The van der Waals surface area contributed by atoms with Crippen molar-refractivity contribution >= 4 is 22.7 Å². The van der Waals surface area contributed by atoms with Crippen LogP contribution in [0.3, 0.4) is 0 Å². The van der Waals surface area contributed by atoms with Crippen LogP contribution >= 0.6 is 0 Å². The van der Waals surface area contributed by atoms with Gasteiger partial charge in [0.1, 0.15) is 11.4 Å². The number of aryl methyl sites for hydroxylation is 2. The Balaban J connectivity index is 1.93. The van der Waals surface area contributed by atoms with Gasteiger partial charge >= 0.3 is 0 Å². The zero-order chi connectivity index (χ0) is 19.3. The molecule has 137 valence electrons. The van der Waals surface area contributed by atoms with Gasteiger partial charge in [-0.05, 0) is 38.1 Å². The molecule has 0 saturated carbocycles. The topological polar surface area (TPSA) is 9.14 Å². The molecule has 1 radical (unpaired) electrons. The second-order valence-corrected chi connectivity index (χ2v) is 6.97. The normalized spacial score (nSPS) is 10.8. The highest BCUT2D eigenvalue weighted by Crippen LogP contribution is 2.36. The van der Waals surface area contributed by atoms with Crippen LogP contribution in [0, 0.1) is 13.8 Å². The number of hydrogen-bond acceptors (Lipinski definition) is 2. The fraction of sp³-hybridized carbons (Fsp3) is 0.0769. The first-order valence-corrected chi connectivity index (χ1v) is 9.56. The molecule has 0 unspecified atom stereocenters. The molecule has 0 aliphatic heterocycles. The SMILES string of the molecule is Cc1ccc([N+](c2ccc(C)cc2)N(c2ccccc2)c2ccccc2)cc1. The largest absolute Gasteiger partial charge is 0.216 e. The van der Waals surface area contributed by atoms with E-state index in [0.29, 0.717) is 0 Å². The van der Waals surface area contributed by atoms with Crippen molar-refractivity contribution in [2.24, 2.45) is 0 Å². The number of hydrazine groups is 1. The zero-order valence-corrected chi connectivity index (χ0v) is 16.3. The lowest BCUT2D eigenvalue weighted by molar-refractivity contribution is 0.704. The summed E-state index contributed by atoms with van der Waals surface area (Å²) in [6.45, 7) is 4.23. The maximum atomic E-state index is 2.27. The van der Waals surface area contributed by atoms with Gasteiger partial charge in [-0.25, -0.2) is 0 Å². The summed E-state index contributed by atoms with van der Waals surface area (Å²) in [5.74, 6) is 0. The fourth-order valence-electron chi connectivity index (χ4n) is 3.27. The van der Waals surface area contributed by atoms with E-state index in [9.17, 15) is 0 Å². The molecule has 0 fully saturated rings. The Morgan fingerprint density at radius 2 is 0.821 bits per heavy atom. The van der Waals surface area contributed by atoms with E-state index in [1.165, 1.54) is 11.1 Å². The molecule has 0 N–H and O–H groups in total.